The lowest BCUT2D eigenvalue weighted by Crippen LogP contribution is -2.54. The van der Waals surface area contributed by atoms with Crippen LogP contribution >= 0.6 is 0 Å². The average Bonchev–Trinajstić information content (AvgIpc) is 2.62. The Hall–Kier alpha value is -1.63. The minimum Gasteiger partial charge on any atom is -0.355 e. The molecule has 2 heterocycles. The van der Waals surface area contributed by atoms with E-state index in [2.05, 4.69) is 16.0 Å². The molecule has 0 aromatic carbocycles. The number of piperidine rings is 1. The molecule has 2 aliphatic rings. The van der Waals surface area contributed by atoms with Gasteiger partial charge in [-0.2, -0.15) is 0 Å². The highest BCUT2D eigenvalue weighted by molar-refractivity contribution is 6.09. The van der Waals surface area contributed by atoms with E-state index in [0.717, 1.165) is 11.3 Å². The van der Waals surface area contributed by atoms with Crippen molar-refractivity contribution in [3.63, 3.8) is 0 Å². The van der Waals surface area contributed by atoms with Crippen LogP contribution in [0.1, 0.15) is 26.2 Å². The van der Waals surface area contributed by atoms with Crippen molar-refractivity contribution in [1.82, 2.24) is 20.9 Å². The molecule has 7 nitrogen and oxygen atoms in total. The lowest BCUT2D eigenvalue weighted by molar-refractivity contribution is -0.135. The molecule has 0 atom stereocenters. The SMILES string of the molecule is CCCNC(=O)CN1C(=O)NC2(CCNCC2)C1=O. The summed E-state index contributed by atoms with van der Waals surface area (Å²) in [4.78, 5) is 36.8. The number of nitrogens with one attached hydrogen (secondary N) is 3. The molecule has 2 aliphatic heterocycles. The van der Waals surface area contributed by atoms with Gasteiger partial charge in [0.2, 0.25) is 5.91 Å². The zero-order chi connectivity index (χ0) is 13.9. The number of amides is 4. The Kier molecular flexibility index (Phi) is 4.04. The average molecular weight is 268 g/mol. The predicted octanol–water partition coefficient (Wildman–Crippen LogP) is -0.813. The van der Waals surface area contributed by atoms with Crippen molar-refractivity contribution in [3.8, 4) is 0 Å². The van der Waals surface area contributed by atoms with E-state index in [1.165, 1.54) is 0 Å². The van der Waals surface area contributed by atoms with Crippen molar-refractivity contribution in [3.05, 3.63) is 0 Å². The van der Waals surface area contributed by atoms with Gasteiger partial charge in [0.25, 0.3) is 5.91 Å². The van der Waals surface area contributed by atoms with Crippen molar-refractivity contribution in [2.24, 2.45) is 0 Å². The van der Waals surface area contributed by atoms with Gasteiger partial charge in [0.1, 0.15) is 12.1 Å². The van der Waals surface area contributed by atoms with Crippen LogP contribution < -0.4 is 16.0 Å². The number of hydrogen-bond acceptors (Lipinski definition) is 4. The third kappa shape index (κ3) is 2.70. The topological polar surface area (TPSA) is 90.5 Å². The molecule has 2 rings (SSSR count). The third-order valence-corrected chi connectivity index (χ3v) is 3.58. The molecule has 1 spiro atoms. The quantitative estimate of drug-likeness (QED) is 0.581. The highest BCUT2D eigenvalue weighted by Gasteiger charge is 2.51. The molecule has 0 aromatic rings. The zero-order valence-electron chi connectivity index (χ0n) is 11.1. The maximum Gasteiger partial charge on any atom is 0.325 e. The highest BCUT2D eigenvalue weighted by Crippen LogP contribution is 2.26. The molecule has 7 heteroatoms. The Morgan fingerprint density at radius 3 is 2.68 bits per heavy atom. The summed E-state index contributed by atoms with van der Waals surface area (Å²) in [6.07, 6.45) is 1.97. The van der Waals surface area contributed by atoms with Crippen LogP contribution in [0.5, 0.6) is 0 Å². The van der Waals surface area contributed by atoms with E-state index in [-0.39, 0.29) is 18.4 Å². The van der Waals surface area contributed by atoms with Crippen molar-refractivity contribution in [1.29, 1.82) is 0 Å². The van der Waals surface area contributed by atoms with Crippen LogP contribution in [-0.4, -0.2) is 54.5 Å². The fraction of sp³-hybridized carbons (Fsp3) is 0.750. The summed E-state index contributed by atoms with van der Waals surface area (Å²) >= 11 is 0. The first-order valence-electron chi connectivity index (χ1n) is 6.70. The molecule has 19 heavy (non-hydrogen) atoms. The van der Waals surface area contributed by atoms with E-state index in [9.17, 15) is 14.4 Å². The number of rotatable bonds is 4. The Morgan fingerprint density at radius 2 is 2.05 bits per heavy atom. The lowest BCUT2D eigenvalue weighted by Gasteiger charge is -2.30. The fourth-order valence-electron chi connectivity index (χ4n) is 2.48. The van der Waals surface area contributed by atoms with Crippen LogP contribution in [0.25, 0.3) is 0 Å². The van der Waals surface area contributed by atoms with Gasteiger partial charge in [-0.3, -0.25) is 14.5 Å². The van der Waals surface area contributed by atoms with E-state index >= 15 is 0 Å². The minimum absolute atomic E-state index is 0.195. The van der Waals surface area contributed by atoms with Gasteiger partial charge >= 0.3 is 6.03 Å². The molecule has 106 valence electrons. The number of nitrogens with zero attached hydrogens (tertiary/aromatic N) is 1. The smallest absolute Gasteiger partial charge is 0.325 e. The van der Waals surface area contributed by atoms with Crippen molar-refractivity contribution >= 4 is 17.8 Å². The Bertz CT molecular complexity index is 390. The summed E-state index contributed by atoms with van der Waals surface area (Å²) in [5.41, 5.74) is -0.798. The van der Waals surface area contributed by atoms with Crippen molar-refractivity contribution in [2.45, 2.75) is 31.7 Å². The first-order valence-corrected chi connectivity index (χ1v) is 6.70. The predicted molar refractivity (Wildman–Crippen MR) is 68.4 cm³/mol. The molecule has 0 bridgehead atoms. The van der Waals surface area contributed by atoms with Gasteiger partial charge in [-0.05, 0) is 32.4 Å². The lowest BCUT2D eigenvalue weighted by atomic mass is 9.88. The van der Waals surface area contributed by atoms with Crippen LogP contribution in [-0.2, 0) is 9.59 Å². The van der Waals surface area contributed by atoms with Gasteiger partial charge in [-0.25, -0.2) is 4.79 Å². The number of imide groups is 1. The molecule has 2 saturated heterocycles. The largest absolute Gasteiger partial charge is 0.355 e. The van der Waals surface area contributed by atoms with Gasteiger partial charge in [0.05, 0.1) is 0 Å². The Balaban J connectivity index is 2.00. The van der Waals surface area contributed by atoms with E-state index in [4.69, 9.17) is 0 Å². The van der Waals surface area contributed by atoms with Crippen molar-refractivity contribution < 1.29 is 14.4 Å². The first kappa shape index (κ1) is 13.8. The normalized spacial score (nSPS) is 21.6. The molecule has 0 saturated carbocycles. The van der Waals surface area contributed by atoms with Crippen LogP contribution in [0.15, 0.2) is 0 Å². The second-order valence-corrected chi connectivity index (χ2v) is 5.00. The van der Waals surface area contributed by atoms with Crippen LogP contribution in [0.4, 0.5) is 4.79 Å². The zero-order valence-corrected chi connectivity index (χ0v) is 11.1. The van der Waals surface area contributed by atoms with Crippen LogP contribution in [0, 0.1) is 0 Å². The maximum atomic E-state index is 12.3. The molecule has 4 amide bonds. The van der Waals surface area contributed by atoms with Gasteiger partial charge in [-0.1, -0.05) is 6.92 Å². The Labute approximate surface area is 112 Å². The van der Waals surface area contributed by atoms with Gasteiger partial charge < -0.3 is 16.0 Å². The maximum absolute atomic E-state index is 12.3. The van der Waals surface area contributed by atoms with E-state index in [1.54, 1.807) is 0 Å². The molecule has 3 N–H and O–H groups in total. The molecule has 0 unspecified atom stereocenters. The summed E-state index contributed by atoms with van der Waals surface area (Å²) in [5.74, 6) is -0.568. The highest BCUT2D eigenvalue weighted by atomic mass is 16.2. The standard InChI is InChI=1S/C12H20N4O3/c1-2-5-14-9(17)8-16-10(18)12(15-11(16)19)3-6-13-7-4-12/h13H,2-8H2,1H3,(H,14,17)(H,15,19). The summed E-state index contributed by atoms with van der Waals surface area (Å²) < 4.78 is 0. The second kappa shape index (κ2) is 5.56. The number of carbonyl (C=O) groups excluding carboxylic acids is 3. The van der Waals surface area contributed by atoms with E-state index < -0.39 is 11.6 Å². The second-order valence-electron chi connectivity index (χ2n) is 5.00. The van der Waals surface area contributed by atoms with Crippen LogP contribution in [0.3, 0.4) is 0 Å². The molecular weight excluding hydrogens is 248 g/mol. The molecule has 0 aromatic heterocycles. The summed E-state index contributed by atoms with van der Waals surface area (Å²) in [7, 11) is 0. The van der Waals surface area contributed by atoms with Gasteiger partial charge in [0, 0.05) is 6.54 Å². The van der Waals surface area contributed by atoms with E-state index in [1.807, 2.05) is 6.92 Å². The summed E-state index contributed by atoms with van der Waals surface area (Å²) in [6.45, 7) is 3.69. The number of urea groups is 1. The summed E-state index contributed by atoms with van der Waals surface area (Å²) in [5, 5.41) is 8.57. The van der Waals surface area contributed by atoms with E-state index in [0.29, 0.717) is 32.5 Å². The molecule has 0 aliphatic carbocycles. The molecule has 0 radical (unpaired) electrons. The van der Waals surface area contributed by atoms with Crippen molar-refractivity contribution in [2.75, 3.05) is 26.2 Å². The third-order valence-electron chi connectivity index (χ3n) is 3.58. The summed E-state index contributed by atoms with van der Waals surface area (Å²) in [6, 6.07) is -0.460. The fourth-order valence-corrected chi connectivity index (χ4v) is 2.48. The first-order chi connectivity index (χ1) is 9.09. The monoisotopic (exact) mass is 268 g/mol. The van der Waals surface area contributed by atoms with Gasteiger partial charge in [0.15, 0.2) is 0 Å². The minimum atomic E-state index is -0.798. The van der Waals surface area contributed by atoms with Gasteiger partial charge in [-0.15, -0.1) is 0 Å². The number of carbonyl (C=O) groups is 3. The molecular formula is C12H20N4O3. The molecule has 2 fully saturated rings. The Morgan fingerprint density at radius 1 is 1.37 bits per heavy atom. The van der Waals surface area contributed by atoms with Crippen LogP contribution in [0.2, 0.25) is 0 Å². The number of hydrogen-bond donors (Lipinski definition) is 3.